The van der Waals surface area contributed by atoms with Crippen molar-refractivity contribution in [2.75, 3.05) is 19.7 Å². The second-order valence-electron chi connectivity index (χ2n) is 4.55. The maximum Gasteiger partial charge on any atom is 0.416 e. The highest BCUT2D eigenvalue weighted by atomic mass is 19.4. The van der Waals surface area contributed by atoms with Crippen molar-refractivity contribution < 1.29 is 27.4 Å². The zero-order chi connectivity index (χ0) is 15.5. The monoisotopic (exact) mass is 304 g/mol. The molecule has 2 rings (SSSR count). The Morgan fingerprint density at radius 2 is 2.29 bits per heavy atom. The van der Waals surface area contributed by atoms with Gasteiger partial charge in [0.1, 0.15) is 6.10 Å². The van der Waals surface area contributed by atoms with E-state index < -0.39 is 17.8 Å². The molecule has 1 aliphatic rings. The normalized spacial score (nSPS) is 18.7. The Morgan fingerprint density at radius 1 is 1.52 bits per heavy atom. The first-order valence-corrected chi connectivity index (χ1v) is 6.51. The number of hydrogen-bond donors (Lipinski definition) is 0. The average molecular weight is 304 g/mol. The standard InChI is InChI=1S/C13H15F3N2O3/c1-2-20-12(19)18-6-4-10(8-18)21-11-7-9(3-5-17-11)13(14,15)16/h3,5,7,10H,2,4,6,8H2,1H3/t10-/m1/s1. The summed E-state index contributed by atoms with van der Waals surface area (Å²) in [5, 5.41) is 0. The van der Waals surface area contributed by atoms with E-state index in [1.165, 1.54) is 4.90 Å². The van der Waals surface area contributed by atoms with E-state index in [0.717, 1.165) is 18.3 Å². The van der Waals surface area contributed by atoms with Crippen molar-refractivity contribution in [1.82, 2.24) is 9.88 Å². The highest BCUT2D eigenvalue weighted by molar-refractivity contribution is 5.68. The van der Waals surface area contributed by atoms with Gasteiger partial charge in [-0.2, -0.15) is 13.2 Å². The van der Waals surface area contributed by atoms with Gasteiger partial charge in [-0.15, -0.1) is 0 Å². The lowest BCUT2D eigenvalue weighted by Gasteiger charge is -2.16. The Morgan fingerprint density at radius 3 is 2.95 bits per heavy atom. The lowest BCUT2D eigenvalue weighted by atomic mass is 10.2. The summed E-state index contributed by atoms with van der Waals surface area (Å²) in [7, 11) is 0. The molecule has 1 aromatic rings. The number of carbonyl (C=O) groups excluding carboxylic acids is 1. The second kappa shape index (κ2) is 6.19. The molecule has 0 saturated carbocycles. The van der Waals surface area contributed by atoms with Gasteiger partial charge in [-0.3, -0.25) is 0 Å². The Bertz CT molecular complexity index is 508. The first kappa shape index (κ1) is 15.4. The number of rotatable bonds is 3. The Balaban J connectivity index is 1.96. The fraction of sp³-hybridized carbons (Fsp3) is 0.538. The molecule has 0 aromatic carbocycles. The van der Waals surface area contributed by atoms with E-state index in [9.17, 15) is 18.0 Å². The van der Waals surface area contributed by atoms with Crippen molar-refractivity contribution >= 4 is 6.09 Å². The minimum atomic E-state index is -4.44. The third kappa shape index (κ3) is 3.99. The number of likely N-dealkylation sites (tertiary alicyclic amines) is 1. The summed E-state index contributed by atoms with van der Waals surface area (Å²) in [5.74, 6) is -0.0967. The molecule has 0 radical (unpaired) electrons. The number of amides is 1. The van der Waals surface area contributed by atoms with E-state index in [2.05, 4.69) is 4.98 Å². The summed E-state index contributed by atoms with van der Waals surface area (Å²) in [6.07, 6.45) is -3.69. The van der Waals surface area contributed by atoms with Crippen molar-refractivity contribution in [1.29, 1.82) is 0 Å². The molecular weight excluding hydrogens is 289 g/mol. The largest absolute Gasteiger partial charge is 0.472 e. The number of hydrogen-bond acceptors (Lipinski definition) is 4. The third-order valence-corrected chi connectivity index (χ3v) is 3.02. The minimum absolute atomic E-state index is 0.0967. The van der Waals surface area contributed by atoms with Crippen LogP contribution < -0.4 is 4.74 Å². The van der Waals surface area contributed by atoms with Gasteiger partial charge in [0.15, 0.2) is 0 Å². The quantitative estimate of drug-likeness (QED) is 0.861. The lowest BCUT2D eigenvalue weighted by Crippen LogP contribution is -2.31. The second-order valence-corrected chi connectivity index (χ2v) is 4.55. The van der Waals surface area contributed by atoms with Crippen LogP contribution in [0, 0.1) is 0 Å². The van der Waals surface area contributed by atoms with Gasteiger partial charge in [-0.1, -0.05) is 0 Å². The number of alkyl halides is 3. The molecular formula is C13H15F3N2O3. The van der Waals surface area contributed by atoms with Gasteiger partial charge in [-0.25, -0.2) is 9.78 Å². The topological polar surface area (TPSA) is 51.7 Å². The van der Waals surface area contributed by atoms with Crippen LogP contribution in [-0.2, 0) is 10.9 Å². The van der Waals surface area contributed by atoms with Gasteiger partial charge >= 0.3 is 12.3 Å². The third-order valence-electron chi connectivity index (χ3n) is 3.02. The molecule has 0 unspecified atom stereocenters. The smallest absolute Gasteiger partial charge is 0.416 e. The maximum absolute atomic E-state index is 12.6. The van der Waals surface area contributed by atoms with E-state index in [0.29, 0.717) is 13.0 Å². The van der Waals surface area contributed by atoms with Crippen molar-refractivity contribution in [2.45, 2.75) is 25.6 Å². The van der Waals surface area contributed by atoms with Gasteiger partial charge in [-0.05, 0) is 13.0 Å². The van der Waals surface area contributed by atoms with Crippen LogP contribution in [0.2, 0.25) is 0 Å². The predicted molar refractivity (Wildman–Crippen MR) is 66.9 cm³/mol. The van der Waals surface area contributed by atoms with Gasteiger partial charge in [0.05, 0.1) is 18.7 Å². The number of nitrogens with zero attached hydrogens (tertiary/aromatic N) is 2. The van der Waals surface area contributed by atoms with E-state index in [4.69, 9.17) is 9.47 Å². The minimum Gasteiger partial charge on any atom is -0.472 e. The van der Waals surface area contributed by atoms with E-state index in [1.807, 2.05) is 0 Å². The van der Waals surface area contributed by atoms with E-state index in [1.54, 1.807) is 6.92 Å². The molecule has 8 heteroatoms. The van der Waals surface area contributed by atoms with Crippen molar-refractivity contribution in [3.05, 3.63) is 23.9 Å². The number of pyridine rings is 1. The molecule has 0 spiro atoms. The van der Waals surface area contributed by atoms with Gasteiger partial charge in [0, 0.05) is 25.2 Å². The Labute approximate surface area is 119 Å². The number of ether oxygens (including phenoxy) is 2. The molecule has 5 nitrogen and oxygen atoms in total. The van der Waals surface area contributed by atoms with Crippen LogP contribution in [0.5, 0.6) is 5.88 Å². The molecule has 1 saturated heterocycles. The molecule has 21 heavy (non-hydrogen) atoms. The summed E-state index contributed by atoms with van der Waals surface area (Å²) < 4.78 is 48.0. The fourth-order valence-electron chi connectivity index (χ4n) is 2.03. The SMILES string of the molecule is CCOC(=O)N1CC[C@@H](Oc2cc(C(F)(F)F)ccn2)C1. The molecule has 1 aliphatic heterocycles. The fourth-order valence-corrected chi connectivity index (χ4v) is 2.03. The van der Waals surface area contributed by atoms with Crippen LogP contribution >= 0.6 is 0 Å². The summed E-state index contributed by atoms with van der Waals surface area (Å²) in [6, 6.07) is 1.74. The summed E-state index contributed by atoms with van der Waals surface area (Å²) in [6.45, 7) is 2.70. The van der Waals surface area contributed by atoms with Crippen LogP contribution in [-0.4, -0.2) is 41.8 Å². The summed E-state index contributed by atoms with van der Waals surface area (Å²) in [5.41, 5.74) is -0.812. The average Bonchev–Trinajstić information content (AvgIpc) is 2.87. The molecule has 1 atom stereocenters. The molecule has 0 N–H and O–H groups in total. The molecule has 0 aliphatic carbocycles. The lowest BCUT2D eigenvalue weighted by molar-refractivity contribution is -0.137. The zero-order valence-electron chi connectivity index (χ0n) is 11.4. The van der Waals surface area contributed by atoms with Crippen LogP contribution in [0.1, 0.15) is 18.9 Å². The molecule has 0 bridgehead atoms. The van der Waals surface area contributed by atoms with Gasteiger partial charge < -0.3 is 14.4 Å². The first-order valence-electron chi connectivity index (χ1n) is 6.51. The number of halogens is 3. The van der Waals surface area contributed by atoms with Crippen LogP contribution in [0.25, 0.3) is 0 Å². The molecule has 116 valence electrons. The summed E-state index contributed by atoms with van der Waals surface area (Å²) in [4.78, 5) is 16.7. The Hall–Kier alpha value is -1.99. The highest BCUT2D eigenvalue weighted by Crippen LogP contribution is 2.31. The first-order chi connectivity index (χ1) is 9.90. The van der Waals surface area contributed by atoms with Crippen molar-refractivity contribution in [2.24, 2.45) is 0 Å². The number of carbonyl (C=O) groups is 1. The predicted octanol–water partition coefficient (Wildman–Crippen LogP) is 2.71. The molecule has 2 heterocycles. The Kier molecular flexibility index (Phi) is 4.54. The van der Waals surface area contributed by atoms with Crippen molar-refractivity contribution in [3.63, 3.8) is 0 Å². The van der Waals surface area contributed by atoms with Crippen LogP contribution in [0.3, 0.4) is 0 Å². The van der Waals surface area contributed by atoms with Crippen molar-refractivity contribution in [3.8, 4) is 5.88 Å². The zero-order valence-corrected chi connectivity index (χ0v) is 11.4. The summed E-state index contributed by atoms with van der Waals surface area (Å²) >= 11 is 0. The number of aromatic nitrogens is 1. The molecule has 1 fully saturated rings. The van der Waals surface area contributed by atoms with Gasteiger partial charge in [0.25, 0.3) is 0 Å². The van der Waals surface area contributed by atoms with Crippen LogP contribution in [0.15, 0.2) is 18.3 Å². The van der Waals surface area contributed by atoms with Gasteiger partial charge in [0.2, 0.25) is 5.88 Å². The van der Waals surface area contributed by atoms with Crippen LogP contribution in [0.4, 0.5) is 18.0 Å². The maximum atomic E-state index is 12.6. The van der Waals surface area contributed by atoms with E-state index >= 15 is 0 Å². The highest BCUT2D eigenvalue weighted by Gasteiger charge is 2.32. The molecule has 1 aromatic heterocycles. The molecule has 1 amide bonds. The van der Waals surface area contributed by atoms with E-state index in [-0.39, 0.29) is 25.1 Å².